The lowest BCUT2D eigenvalue weighted by molar-refractivity contribution is -0.114. The molecule has 2 N–H and O–H groups in total. The summed E-state index contributed by atoms with van der Waals surface area (Å²) in [4.78, 5) is 28.7. The van der Waals surface area contributed by atoms with Gasteiger partial charge in [0.1, 0.15) is 16.3 Å². The van der Waals surface area contributed by atoms with Crippen molar-refractivity contribution < 1.29 is 14.3 Å². The van der Waals surface area contributed by atoms with Crippen LogP contribution in [0.1, 0.15) is 29.1 Å². The molecule has 0 aliphatic heterocycles. The van der Waals surface area contributed by atoms with E-state index in [9.17, 15) is 9.59 Å². The Bertz CT molecular complexity index is 955. The molecule has 1 aromatic carbocycles. The van der Waals surface area contributed by atoms with Gasteiger partial charge in [-0.05, 0) is 48.3 Å². The highest BCUT2D eigenvalue weighted by Crippen LogP contribution is 2.33. The van der Waals surface area contributed by atoms with Crippen molar-refractivity contribution in [1.29, 1.82) is 0 Å². The maximum atomic E-state index is 12.7. The maximum Gasteiger partial charge on any atom is 0.265 e. The number of hydrogen-bond acceptors (Lipinski definition) is 6. The quantitative estimate of drug-likeness (QED) is 0.638. The van der Waals surface area contributed by atoms with Crippen LogP contribution in [-0.2, 0) is 11.3 Å². The predicted octanol–water partition coefficient (Wildman–Crippen LogP) is 3.49. The Hall–Kier alpha value is -3.26. The van der Waals surface area contributed by atoms with E-state index in [4.69, 9.17) is 4.74 Å². The van der Waals surface area contributed by atoms with Crippen molar-refractivity contribution in [2.75, 3.05) is 11.9 Å². The third kappa shape index (κ3) is 4.72. The zero-order valence-electron chi connectivity index (χ0n) is 15.6. The standard InChI is InChI=1S/C20H20N4O3S/c1-3-27-16-6-4-14(5-7-16)12-22-20(26)19-18(23-13(2)25)17(24-28-19)15-8-10-21-11-9-15/h4-11H,3,12H2,1-2H3,(H,22,26)(H,23,25). The van der Waals surface area contributed by atoms with Gasteiger partial charge < -0.3 is 15.4 Å². The summed E-state index contributed by atoms with van der Waals surface area (Å²) in [6, 6.07) is 11.1. The Morgan fingerprint density at radius 1 is 1.11 bits per heavy atom. The van der Waals surface area contributed by atoms with Crippen LogP contribution in [0.5, 0.6) is 5.75 Å². The largest absolute Gasteiger partial charge is 0.494 e. The van der Waals surface area contributed by atoms with Crippen LogP contribution in [-0.4, -0.2) is 27.8 Å². The molecule has 0 saturated heterocycles. The Morgan fingerprint density at radius 2 is 1.82 bits per heavy atom. The molecule has 0 atom stereocenters. The molecule has 3 aromatic rings. The minimum atomic E-state index is -0.296. The summed E-state index contributed by atoms with van der Waals surface area (Å²) in [6.45, 7) is 4.28. The van der Waals surface area contributed by atoms with E-state index in [2.05, 4.69) is 20.0 Å². The zero-order valence-corrected chi connectivity index (χ0v) is 16.4. The summed E-state index contributed by atoms with van der Waals surface area (Å²) in [5, 5.41) is 5.60. The zero-order chi connectivity index (χ0) is 19.9. The lowest BCUT2D eigenvalue weighted by Gasteiger charge is -2.08. The fourth-order valence-electron chi connectivity index (χ4n) is 2.58. The van der Waals surface area contributed by atoms with Crippen LogP contribution in [0.25, 0.3) is 11.3 Å². The maximum absolute atomic E-state index is 12.7. The molecule has 2 heterocycles. The normalized spacial score (nSPS) is 10.4. The molecule has 2 amide bonds. The topological polar surface area (TPSA) is 93.2 Å². The molecule has 0 spiro atoms. The third-order valence-corrected chi connectivity index (χ3v) is 4.69. The average molecular weight is 396 g/mol. The predicted molar refractivity (Wildman–Crippen MR) is 108 cm³/mol. The Kier molecular flexibility index (Phi) is 6.33. The first-order chi connectivity index (χ1) is 13.6. The molecule has 0 fully saturated rings. The van der Waals surface area contributed by atoms with E-state index >= 15 is 0 Å². The van der Waals surface area contributed by atoms with Gasteiger partial charge in [-0.1, -0.05) is 12.1 Å². The number of anilines is 1. The lowest BCUT2D eigenvalue weighted by atomic mass is 10.1. The van der Waals surface area contributed by atoms with Crippen LogP contribution in [0.2, 0.25) is 0 Å². The molecule has 8 heteroatoms. The molecule has 0 radical (unpaired) electrons. The molecule has 0 bridgehead atoms. The molecule has 28 heavy (non-hydrogen) atoms. The average Bonchev–Trinajstić information content (AvgIpc) is 3.11. The highest BCUT2D eigenvalue weighted by atomic mass is 32.1. The Balaban J connectivity index is 1.77. The highest BCUT2D eigenvalue weighted by Gasteiger charge is 2.21. The minimum absolute atomic E-state index is 0.268. The number of rotatable bonds is 7. The molecular formula is C20H20N4O3S. The number of ether oxygens (including phenoxy) is 1. The van der Waals surface area contributed by atoms with Gasteiger partial charge in [-0.2, -0.15) is 4.37 Å². The summed E-state index contributed by atoms with van der Waals surface area (Å²) in [5.74, 6) is 0.224. The van der Waals surface area contributed by atoms with Gasteiger partial charge >= 0.3 is 0 Å². The number of aromatic nitrogens is 2. The minimum Gasteiger partial charge on any atom is -0.494 e. The van der Waals surface area contributed by atoms with Crippen molar-refractivity contribution >= 4 is 29.0 Å². The Labute approximate surface area is 166 Å². The molecule has 0 aliphatic rings. The van der Waals surface area contributed by atoms with E-state index in [1.165, 1.54) is 6.92 Å². The monoisotopic (exact) mass is 396 g/mol. The van der Waals surface area contributed by atoms with Crippen molar-refractivity contribution in [3.05, 3.63) is 59.2 Å². The van der Waals surface area contributed by atoms with E-state index in [-0.39, 0.29) is 11.8 Å². The number of carbonyl (C=O) groups is 2. The number of nitrogens with zero attached hydrogens (tertiary/aromatic N) is 2. The van der Waals surface area contributed by atoms with Gasteiger partial charge in [-0.25, -0.2) is 0 Å². The molecule has 3 rings (SSSR count). The van der Waals surface area contributed by atoms with Gasteiger partial charge in [0.25, 0.3) is 5.91 Å². The van der Waals surface area contributed by atoms with Gasteiger partial charge in [-0.15, -0.1) is 0 Å². The van der Waals surface area contributed by atoms with Crippen molar-refractivity contribution in [2.45, 2.75) is 20.4 Å². The summed E-state index contributed by atoms with van der Waals surface area (Å²) < 4.78 is 9.78. The molecule has 0 aliphatic carbocycles. The molecule has 0 unspecified atom stereocenters. The van der Waals surface area contributed by atoms with Gasteiger partial charge in [0.05, 0.1) is 12.3 Å². The molecular weight excluding hydrogens is 376 g/mol. The van der Waals surface area contributed by atoms with Gasteiger partial charge in [0, 0.05) is 31.4 Å². The summed E-state index contributed by atoms with van der Waals surface area (Å²) in [6.07, 6.45) is 3.27. The van der Waals surface area contributed by atoms with Crippen molar-refractivity contribution in [3.63, 3.8) is 0 Å². The van der Waals surface area contributed by atoms with Crippen LogP contribution in [0.4, 0.5) is 5.69 Å². The van der Waals surface area contributed by atoms with E-state index in [0.29, 0.717) is 29.4 Å². The fourth-order valence-corrected chi connectivity index (χ4v) is 3.35. The SMILES string of the molecule is CCOc1ccc(CNC(=O)c2snc(-c3ccncc3)c2NC(C)=O)cc1. The molecule has 7 nitrogen and oxygen atoms in total. The smallest absolute Gasteiger partial charge is 0.265 e. The van der Waals surface area contributed by atoms with E-state index in [0.717, 1.165) is 28.4 Å². The second kappa shape index (κ2) is 9.09. The molecule has 2 aromatic heterocycles. The van der Waals surface area contributed by atoms with E-state index in [1.807, 2.05) is 31.2 Å². The number of pyridine rings is 1. The van der Waals surface area contributed by atoms with Gasteiger partial charge in [0.15, 0.2) is 0 Å². The van der Waals surface area contributed by atoms with E-state index < -0.39 is 0 Å². The molecule has 144 valence electrons. The van der Waals surface area contributed by atoms with Gasteiger partial charge in [-0.3, -0.25) is 14.6 Å². The van der Waals surface area contributed by atoms with Crippen LogP contribution in [0.15, 0.2) is 48.8 Å². The van der Waals surface area contributed by atoms with Gasteiger partial charge in [0.2, 0.25) is 5.91 Å². The van der Waals surface area contributed by atoms with Crippen LogP contribution in [0, 0.1) is 0 Å². The summed E-state index contributed by atoms with van der Waals surface area (Å²) in [7, 11) is 0. The number of nitrogens with one attached hydrogen (secondary N) is 2. The number of amides is 2. The number of carbonyl (C=O) groups excluding carboxylic acids is 2. The summed E-state index contributed by atoms with van der Waals surface area (Å²) >= 11 is 1.05. The third-order valence-electron chi connectivity index (χ3n) is 3.84. The van der Waals surface area contributed by atoms with E-state index in [1.54, 1.807) is 24.5 Å². The van der Waals surface area contributed by atoms with Crippen molar-refractivity contribution in [3.8, 4) is 17.0 Å². The first kappa shape index (κ1) is 19.5. The second-order valence-corrected chi connectivity index (χ2v) is 6.69. The molecule has 0 saturated carbocycles. The Morgan fingerprint density at radius 3 is 2.46 bits per heavy atom. The number of benzene rings is 1. The first-order valence-corrected chi connectivity index (χ1v) is 9.53. The van der Waals surface area contributed by atoms with Crippen molar-refractivity contribution in [2.24, 2.45) is 0 Å². The first-order valence-electron chi connectivity index (χ1n) is 8.76. The number of hydrogen-bond donors (Lipinski definition) is 2. The van der Waals surface area contributed by atoms with Crippen molar-refractivity contribution in [1.82, 2.24) is 14.7 Å². The van der Waals surface area contributed by atoms with Crippen LogP contribution >= 0.6 is 11.5 Å². The second-order valence-electron chi connectivity index (χ2n) is 5.91. The summed E-state index contributed by atoms with van der Waals surface area (Å²) in [5.41, 5.74) is 2.68. The fraction of sp³-hybridized carbons (Fsp3) is 0.200. The van der Waals surface area contributed by atoms with Crippen LogP contribution < -0.4 is 15.4 Å². The van der Waals surface area contributed by atoms with Crippen LogP contribution in [0.3, 0.4) is 0 Å². The lowest BCUT2D eigenvalue weighted by Crippen LogP contribution is -2.23. The highest BCUT2D eigenvalue weighted by molar-refractivity contribution is 7.09.